The number of ether oxygens (including phenoxy) is 1. The van der Waals surface area contributed by atoms with Crippen molar-refractivity contribution < 1.29 is 9.53 Å². The summed E-state index contributed by atoms with van der Waals surface area (Å²) in [5, 5.41) is 6.23. The molecule has 2 N–H and O–H groups in total. The second kappa shape index (κ2) is 8.72. The maximum Gasteiger partial charge on any atom is 0.232 e. The number of amides is 1. The van der Waals surface area contributed by atoms with Crippen molar-refractivity contribution in [3.05, 3.63) is 23.4 Å². The molecule has 18 heavy (non-hydrogen) atoms. The number of hydrogen-bond donors (Lipinski definition) is 2. The largest absolute Gasteiger partial charge is 0.475 e. The van der Waals surface area contributed by atoms with E-state index < -0.39 is 0 Å². The summed E-state index contributed by atoms with van der Waals surface area (Å²) in [7, 11) is 1.86. The van der Waals surface area contributed by atoms with Crippen LogP contribution in [-0.2, 0) is 4.79 Å². The van der Waals surface area contributed by atoms with Crippen LogP contribution in [0.1, 0.15) is 12.8 Å². The predicted octanol–water partition coefficient (Wildman–Crippen LogP) is 1.23. The van der Waals surface area contributed by atoms with Gasteiger partial charge < -0.3 is 15.4 Å². The van der Waals surface area contributed by atoms with Crippen LogP contribution in [0.15, 0.2) is 18.3 Å². The van der Waals surface area contributed by atoms with Gasteiger partial charge in [-0.15, -0.1) is 0 Å². The minimum Gasteiger partial charge on any atom is -0.475 e. The van der Waals surface area contributed by atoms with Crippen molar-refractivity contribution >= 4 is 17.5 Å². The number of carbonyl (C=O) groups excluding carboxylic acids is 1. The third-order valence-corrected chi connectivity index (χ3v) is 2.51. The molecule has 0 bridgehead atoms. The van der Waals surface area contributed by atoms with Crippen LogP contribution in [0.4, 0.5) is 0 Å². The third-order valence-electron chi connectivity index (χ3n) is 2.22. The van der Waals surface area contributed by atoms with E-state index in [-0.39, 0.29) is 5.91 Å². The molecular formula is C12H18ClN3O2. The molecule has 0 saturated heterocycles. The van der Waals surface area contributed by atoms with Crippen LogP contribution in [0.25, 0.3) is 0 Å². The molecular weight excluding hydrogens is 254 g/mol. The molecule has 0 unspecified atom stereocenters. The van der Waals surface area contributed by atoms with Crippen molar-refractivity contribution in [2.24, 2.45) is 0 Å². The van der Waals surface area contributed by atoms with Gasteiger partial charge in [0.2, 0.25) is 11.8 Å². The van der Waals surface area contributed by atoms with Gasteiger partial charge in [0, 0.05) is 12.6 Å². The first-order valence-corrected chi connectivity index (χ1v) is 6.26. The summed E-state index contributed by atoms with van der Waals surface area (Å²) in [6.45, 7) is 1.65. The van der Waals surface area contributed by atoms with E-state index in [0.717, 1.165) is 13.0 Å². The Morgan fingerprint density at radius 2 is 2.33 bits per heavy atom. The van der Waals surface area contributed by atoms with Gasteiger partial charge in [-0.3, -0.25) is 4.79 Å². The van der Waals surface area contributed by atoms with Crippen LogP contribution in [0.3, 0.4) is 0 Å². The van der Waals surface area contributed by atoms with Crippen LogP contribution >= 0.6 is 11.6 Å². The number of hydrogen-bond acceptors (Lipinski definition) is 4. The number of aromatic nitrogens is 1. The second-order valence-corrected chi connectivity index (χ2v) is 4.10. The first-order valence-electron chi connectivity index (χ1n) is 5.88. The first kappa shape index (κ1) is 14.7. The topological polar surface area (TPSA) is 63.2 Å². The van der Waals surface area contributed by atoms with Gasteiger partial charge in [-0.1, -0.05) is 11.6 Å². The van der Waals surface area contributed by atoms with Gasteiger partial charge in [0.1, 0.15) is 11.6 Å². The van der Waals surface area contributed by atoms with Crippen molar-refractivity contribution in [2.45, 2.75) is 12.8 Å². The fraction of sp³-hybridized carbons (Fsp3) is 0.500. The first-order chi connectivity index (χ1) is 8.74. The minimum absolute atomic E-state index is 0.0287. The predicted molar refractivity (Wildman–Crippen MR) is 70.9 cm³/mol. The number of pyridine rings is 1. The van der Waals surface area contributed by atoms with Gasteiger partial charge in [-0.25, -0.2) is 4.98 Å². The van der Waals surface area contributed by atoms with E-state index >= 15 is 0 Å². The fourth-order valence-corrected chi connectivity index (χ4v) is 1.51. The Morgan fingerprint density at radius 1 is 1.50 bits per heavy atom. The number of nitrogens with one attached hydrogen (secondary N) is 2. The lowest BCUT2D eigenvalue weighted by atomic mass is 10.3. The third kappa shape index (κ3) is 5.84. The number of nitrogens with zero attached hydrogens (tertiary/aromatic N) is 1. The minimum atomic E-state index is 0.0287. The molecule has 0 atom stereocenters. The highest BCUT2D eigenvalue weighted by Crippen LogP contribution is 2.19. The Labute approximate surface area is 112 Å². The van der Waals surface area contributed by atoms with Gasteiger partial charge in [-0.2, -0.15) is 0 Å². The van der Waals surface area contributed by atoms with E-state index in [0.29, 0.717) is 30.5 Å². The van der Waals surface area contributed by atoms with Gasteiger partial charge in [0.25, 0.3) is 0 Å². The molecule has 0 aliphatic heterocycles. The molecule has 0 aliphatic rings. The van der Waals surface area contributed by atoms with E-state index in [9.17, 15) is 4.79 Å². The number of rotatable bonds is 8. The summed E-state index contributed by atoms with van der Waals surface area (Å²) < 4.78 is 5.34. The molecule has 0 radical (unpaired) electrons. The molecule has 1 aromatic heterocycles. The molecule has 0 spiro atoms. The molecule has 0 aromatic carbocycles. The van der Waals surface area contributed by atoms with Crippen molar-refractivity contribution in [2.75, 3.05) is 26.7 Å². The van der Waals surface area contributed by atoms with E-state index in [1.165, 1.54) is 0 Å². The van der Waals surface area contributed by atoms with Crippen LogP contribution in [-0.4, -0.2) is 37.6 Å². The summed E-state index contributed by atoms with van der Waals surface area (Å²) >= 11 is 5.87. The monoisotopic (exact) mass is 271 g/mol. The molecule has 0 fully saturated rings. The summed E-state index contributed by atoms with van der Waals surface area (Å²) in [5.74, 6) is 0.421. The van der Waals surface area contributed by atoms with E-state index in [2.05, 4.69) is 15.6 Å². The maximum atomic E-state index is 11.4. The number of halogens is 1. The lowest BCUT2D eigenvalue weighted by molar-refractivity contribution is -0.121. The highest BCUT2D eigenvalue weighted by molar-refractivity contribution is 6.31. The Morgan fingerprint density at radius 3 is 3.06 bits per heavy atom. The zero-order valence-electron chi connectivity index (χ0n) is 10.4. The van der Waals surface area contributed by atoms with Crippen LogP contribution in [0.5, 0.6) is 5.88 Å². The zero-order chi connectivity index (χ0) is 13.2. The quantitative estimate of drug-likeness (QED) is 0.698. The van der Waals surface area contributed by atoms with Gasteiger partial charge in [-0.05, 0) is 32.1 Å². The van der Waals surface area contributed by atoms with Crippen molar-refractivity contribution in [1.82, 2.24) is 15.6 Å². The summed E-state index contributed by atoms with van der Waals surface area (Å²) in [6, 6.07) is 3.44. The standard InChI is InChI=1S/C12H18ClN3O2/c1-14-6-3-5-11(17)15-8-9-18-12-10(13)4-2-7-16-12/h2,4,7,14H,3,5-6,8-9H2,1H3,(H,15,17). The Hall–Kier alpha value is -1.33. The second-order valence-electron chi connectivity index (χ2n) is 3.70. The Balaban J connectivity index is 2.12. The average molecular weight is 272 g/mol. The molecule has 6 heteroatoms. The van der Waals surface area contributed by atoms with Gasteiger partial charge in [0.15, 0.2) is 0 Å². The molecule has 0 aliphatic carbocycles. The lowest BCUT2D eigenvalue weighted by Crippen LogP contribution is -2.28. The summed E-state index contributed by atoms with van der Waals surface area (Å²) in [4.78, 5) is 15.3. The fourth-order valence-electron chi connectivity index (χ4n) is 1.33. The molecule has 1 aromatic rings. The Kier molecular flexibility index (Phi) is 7.13. The molecule has 100 valence electrons. The molecule has 1 heterocycles. The highest BCUT2D eigenvalue weighted by Gasteiger charge is 2.02. The van der Waals surface area contributed by atoms with E-state index in [1.54, 1.807) is 18.3 Å². The molecule has 1 amide bonds. The lowest BCUT2D eigenvalue weighted by Gasteiger charge is -2.07. The smallest absolute Gasteiger partial charge is 0.232 e. The van der Waals surface area contributed by atoms with E-state index in [4.69, 9.17) is 16.3 Å². The van der Waals surface area contributed by atoms with Crippen LogP contribution < -0.4 is 15.4 Å². The SMILES string of the molecule is CNCCCC(=O)NCCOc1ncccc1Cl. The molecule has 0 saturated carbocycles. The molecule has 5 nitrogen and oxygen atoms in total. The summed E-state index contributed by atoms with van der Waals surface area (Å²) in [5.41, 5.74) is 0. The van der Waals surface area contributed by atoms with Crippen molar-refractivity contribution in [3.8, 4) is 5.88 Å². The Bertz CT molecular complexity index is 374. The maximum absolute atomic E-state index is 11.4. The highest BCUT2D eigenvalue weighted by atomic mass is 35.5. The van der Waals surface area contributed by atoms with Crippen LogP contribution in [0, 0.1) is 0 Å². The van der Waals surface area contributed by atoms with Crippen molar-refractivity contribution in [1.29, 1.82) is 0 Å². The number of carbonyl (C=O) groups is 1. The average Bonchev–Trinajstić information content (AvgIpc) is 2.37. The zero-order valence-corrected chi connectivity index (χ0v) is 11.2. The van der Waals surface area contributed by atoms with Crippen molar-refractivity contribution in [3.63, 3.8) is 0 Å². The normalized spacial score (nSPS) is 10.1. The van der Waals surface area contributed by atoms with Gasteiger partial charge >= 0.3 is 0 Å². The molecule has 1 rings (SSSR count). The van der Waals surface area contributed by atoms with Crippen LogP contribution in [0.2, 0.25) is 5.02 Å². The van der Waals surface area contributed by atoms with E-state index in [1.807, 2.05) is 7.05 Å². The summed E-state index contributed by atoms with van der Waals surface area (Å²) in [6.07, 6.45) is 2.96. The van der Waals surface area contributed by atoms with Gasteiger partial charge in [0.05, 0.1) is 6.54 Å².